The summed E-state index contributed by atoms with van der Waals surface area (Å²) < 4.78 is 31.0. The third-order valence-electron chi connectivity index (χ3n) is 2.39. The van der Waals surface area contributed by atoms with Crippen molar-refractivity contribution < 1.29 is 13.5 Å². The summed E-state index contributed by atoms with van der Waals surface area (Å²) >= 11 is 0. The number of ether oxygens (including phenoxy) is 1. The number of anilines is 1. The zero-order valence-corrected chi connectivity index (χ0v) is 9.39. The van der Waals surface area contributed by atoms with E-state index in [9.17, 15) is 8.78 Å². The maximum Gasteiger partial charge on any atom is 0.326 e. The maximum atomic E-state index is 13.0. The lowest BCUT2D eigenvalue weighted by Gasteiger charge is -2.04. The molecule has 0 saturated heterocycles. The Morgan fingerprint density at radius 3 is 2.79 bits per heavy atom. The van der Waals surface area contributed by atoms with Gasteiger partial charge < -0.3 is 15.5 Å². The number of nitrogens with one attached hydrogen (secondary N) is 1. The number of nitrogen functional groups attached to an aromatic ring is 1. The van der Waals surface area contributed by atoms with E-state index in [1.54, 1.807) is 0 Å². The number of aromatic amines is 1. The Hall–Kier alpha value is -2.77. The van der Waals surface area contributed by atoms with Crippen molar-refractivity contribution in [2.24, 2.45) is 0 Å². The van der Waals surface area contributed by atoms with Crippen molar-refractivity contribution in [1.29, 1.82) is 0 Å². The zero-order valence-electron chi connectivity index (χ0n) is 9.39. The first-order valence-electron chi connectivity index (χ1n) is 5.23. The summed E-state index contributed by atoms with van der Waals surface area (Å²) in [7, 11) is 0. The Balaban J connectivity index is 1.98. The fourth-order valence-corrected chi connectivity index (χ4v) is 1.53. The molecule has 96 valence electrons. The highest BCUT2D eigenvalue weighted by Crippen LogP contribution is 2.23. The molecule has 0 aliphatic heterocycles. The Bertz CT molecular complexity index is 758. The lowest BCUT2D eigenvalue weighted by atomic mass is 10.3. The molecule has 0 fully saturated rings. The van der Waals surface area contributed by atoms with E-state index in [0.717, 1.165) is 12.1 Å². The van der Waals surface area contributed by atoms with Crippen molar-refractivity contribution in [3.05, 3.63) is 36.2 Å². The molecule has 0 atom stereocenters. The molecule has 8 heteroatoms. The van der Waals surface area contributed by atoms with E-state index in [4.69, 9.17) is 10.5 Å². The first-order chi connectivity index (χ1) is 9.13. The molecular weight excluding hydrogens is 256 g/mol. The molecule has 6 nitrogen and oxygen atoms in total. The van der Waals surface area contributed by atoms with Crippen molar-refractivity contribution >= 4 is 17.0 Å². The van der Waals surface area contributed by atoms with E-state index in [-0.39, 0.29) is 17.6 Å². The van der Waals surface area contributed by atoms with E-state index >= 15 is 0 Å². The Morgan fingerprint density at radius 1 is 1.16 bits per heavy atom. The van der Waals surface area contributed by atoms with Gasteiger partial charge in [0.1, 0.15) is 11.3 Å². The molecule has 19 heavy (non-hydrogen) atoms. The standard InChI is InChI=1S/C11H7F2N5O/c12-6-2-1-5(3-7(6)13)19-11-17-9(14)8-10(18-11)16-4-15-8/h1-4H,(H3,14,15,16,17,18). The van der Waals surface area contributed by atoms with E-state index in [1.165, 1.54) is 12.4 Å². The lowest BCUT2D eigenvalue weighted by molar-refractivity contribution is 0.433. The third kappa shape index (κ3) is 2.03. The van der Waals surface area contributed by atoms with Gasteiger partial charge in [0.2, 0.25) is 0 Å². The van der Waals surface area contributed by atoms with Gasteiger partial charge in [0.25, 0.3) is 0 Å². The smallest absolute Gasteiger partial charge is 0.326 e. The molecule has 3 aromatic rings. The van der Waals surface area contributed by atoms with Crippen molar-refractivity contribution in [1.82, 2.24) is 19.9 Å². The van der Waals surface area contributed by atoms with E-state index in [2.05, 4.69) is 19.9 Å². The summed E-state index contributed by atoms with van der Waals surface area (Å²) in [5.41, 5.74) is 6.48. The highest BCUT2D eigenvalue weighted by atomic mass is 19.2. The van der Waals surface area contributed by atoms with Crippen LogP contribution < -0.4 is 10.5 Å². The molecule has 3 rings (SSSR count). The first-order valence-corrected chi connectivity index (χ1v) is 5.23. The molecule has 0 aliphatic rings. The Kier molecular flexibility index (Phi) is 2.48. The minimum absolute atomic E-state index is 0.0631. The molecule has 1 aromatic carbocycles. The molecule has 3 N–H and O–H groups in total. The molecule has 0 radical (unpaired) electrons. The van der Waals surface area contributed by atoms with Gasteiger partial charge in [-0.15, -0.1) is 0 Å². The number of imidazole rings is 1. The van der Waals surface area contributed by atoms with Crippen LogP contribution in [-0.4, -0.2) is 19.9 Å². The molecule has 2 aromatic heterocycles. The van der Waals surface area contributed by atoms with Crippen LogP contribution in [0.2, 0.25) is 0 Å². The SMILES string of the molecule is Nc1nc(Oc2ccc(F)c(F)c2)nc2nc[nH]c12. The number of rotatable bonds is 2. The maximum absolute atomic E-state index is 13.0. The van der Waals surface area contributed by atoms with Gasteiger partial charge in [-0.2, -0.15) is 9.97 Å². The Labute approximate surface area is 105 Å². The van der Waals surface area contributed by atoms with Crippen LogP contribution in [0.15, 0.2) is 24.5 Å². The van der Waals surface area contributed by atoms with Crippen molar-refractivity contribution in [2.75, 3.05) is 5.73 Å². The minimum atomic E-state index is -1.02. The number of halogens is 2. The molecular formula is C11H7F2N5O. The van der Waals surface area contributed by atoms with Crippen molar-refractivity contribution in [3.8, 4) is 11.8 Å². The molecule has 2 heterocycles. The average Bonchev–Trinajstić information content (AvgIpc) is 2.82. The predicted octanol–water partition coefficient (Wildman–Crippen LogP) is 2.01. The first kappa shape index (κ1) is 11.3. The second-order valence-electron chi connectivity index (χ2n) is 3.67. The summed E-state index contributed by atoms with van der Waals surface area (Å²) in [6.45, 7) is 0. The number of nitrogens with zero attached hydrogens (tertiary/aromatic N) is 3. The number of fused-ring (bicyclic) bond motifs is 1. The average molecular weight is 263 g/mol. The van der Waals surface area contributed by atoms with Crippen LogP contribution in [0.3, 0.4) is 0 Å². The second-order valence-corrected chi connectivity index (χ2v) is 3.67. The Morgan fingerprint density at radius 2 is 2.00 bits per heavy atom. The van der Waals surface area contributed by atoms with Crippen molar-refractivity contribution in [3.63, 3.8) is 0 Å². The number of nitrogens with two attached hydrogens (primary N) is 1. The van der Waals surface area contributed by atoms with Gasteiger partial charge >= 0.3 is 6.01 Å². The lowest BCUT2D eigenvalue weighted by Crippen LogP contribution is -1.98. The predicted molar refractivity (Wildman–Crippen MR) is 62.5 cm³/mol. The number of benzene rings is 1. The fourth-order valence-electron chi connectivity index (χ4n) is 1.53. The fraction of sp³-hybridized carbons (Fsp3) is 0. The number of aromatic nitrogens is 4. The van der Waals surface area contributed by atoms with Crippen LogP contribution >= 0.6 is 0 Å². The van der Waals surface area contributed by atoms with E-state index in [1.807, 2.05) is 0 Å². The van der Waals surface area contributed by atoms with Crippen LogP contribution in [0, 0.1) is 11.6 Å². The van der Waals surface area contributed by atoms with Gasteiger partial charge in [0.05, 0.1) is 6.33 Å². The van der Waals surface area contributed by atoms with Crippen LogP contribution in [0.5, 0.6) is 11.8 Å². The number of hydrogen-bond acceptors (Lipinski definition) is 5. The van der Waals surface area contributed by atoms with Crippen LogP contribution in [0.1, 0.15) is 0 Å². The van der Waals surface area contributed by atoms with Crippen molar-refractivity contribution in [2.45, 2.75) is 0 Å². The van der Waals surface area contributed by atoms with E-state index < -0.39 is 11.6 Å². The van der Waals surface area contributed by atoms with Crippen LogP contribution in [-0.2, 0) is 0 Å². The monoisotopic (exact) mass is 263 g/mol. The summed E-state index contributed by atoms with van der Waals surface area (Å²) in [4.78, 5) is 14.5. The highest BCUT2D eigenvalue weighted by molar-refractivity contribution is 5.81. The molecule has 0 aliphatic carbocycles. The highest BCUT2D eigenvalue weighted by Gasteiger charge is 2.10. The molecule has 0 unspecified atom stereocenters. The summed E-state index contributed by atoms with van der Waals surface area (Å²) in [6, 6.07) is 3.00. The second kappa shape index (κ2) is 4.16. The normalized spacial score (nSPS) is 10.8. The third-order valence-corrected chi connectivity index (χ3v) is 2.39. The summed E-state index contributed by atoms with van der Waals surface area (Å²) in [5, 5.41) is 0. The summed E-state index contributed by atoms with van der Waals surface area (Å²) in [6.07, 6.45) is 1.41. The molecule has 0 amide bonds. The largest absolute Gasteiger partial charge is 0.424 e. The van der Waals surface area contributed by atoms with Crippen LogP contribution in [0.25, 0.3) is 11.2 Å². The van der Waals surface area contributed by atoms with Gasteiger partial charge in [-0.3, -0.25) is 0 Å². The minimum Gasteiger partial charge on any atom is -0.424 e. The van der Waals surface area contributed by atoms with E-state index in [0.29, 0.717) is 11.2 Å². The topological polar surface area (TPSA) is 89.7 Å². The zero-order chi connectivity index (χ0) is 13.4. The molecule has 0 saturated carbocycles. The van der Waals surface area contributed by atoms with Gasteiger partial charge in [0.15, 0.2) is 23.1 Å². The van der Waals surface area contributed by atoms with Gasteiger partial charge in [-0.25, -0.2) is 13.8 Å². The van der Waals surface area contributed by atoms with Gasteiger partial charge in [-0.05, 0) is 12.1 Å². The summed E-state index contributed by atoms with van der Waals surface area (Å²) in [5.74, 6) is -1.77. The molecule has 0 bridgehead atoms. The van der Waals surface area contributed by atoms with Gasteiger partial charge in [-0.1, -0.05) is 0 Å². The number of hydrogen-bond donors (Lipinski definition) is 2. The quantitative estimate of drug-likeness (QED) is 0.738. The van der Waals surface area contributed by atoms with Crippen LogP contribution in [0.4, 0.5) is 14.6 Å². The number of H-pyrrole nitrogens is 1. The molecule has 0 spiro atoms. The van der Waals surface area contributed by atoms with Gasteiger partial charge in [0, 0.05) is 6.07 Å².